The molecule has 1 aromatic heterocycles. The summed E-state index contributed by atoms with van der Waals surface area (Å²) >= 11 is 0. The van der Waals surface area contributed by atoms with E-state index >= 15 is 0 Å². The summed E-state index contributed by atoms with van der Waals surface area (Å²) in [7, 11) is 0. The largest absolute Gasteiger partial charge is 0.417 e. The van der Waals surface area contributed by atoms with E-state index in [4.69, 9.17) is 0 Å². The highest BCUT2D eigenvalue weighted by molar-refractivity contribution is 5.95. The van der Waals surface area contributed by atoms with Crippen LogP contribution in [0.2, 0.25) is 0 Å². The first-order chi connectivity index (χ1) is 12.2. The molecule has 0 aliphatic rings. The molecule has 0 fully saturated rings. The van der Waals surface area contributed by atoms with Crippen LogP contribution in [0.1, 0.15) is 43.5 Å². The van der Waals surface area contributed by atoms with Crippen molar-refractivity contribution in [2.45, 2.75) is 45.8 Å². The van der Waals surface area contributed by atoms with Gasteiger partial charge < -0.3 is 9.88 Å². The van der Waals surface area contributed by atoms with Crippen molar-refractivity contribution in [3.8, 4) is 0 Å². The summed E-state index contributed by atoms with van der Waals surface area (Å²) in [6.45, 7) is 5.30. The second-order valence-corrected chi connectivity index (χ2v) is 5.98. The summed E-state index contributed by atoms with van der Waals surface area (Å²) in [5, 5.41) is 2.78. The number of nitrogens with zero attached hydrogens (tertiary/aromatic N) is 1. The smallest absolute Gasteiger partial charge is 0.324 e. The molecule has 140 valence electrons. The van der Waals surface area contributed by atoms with Crippen molar-refractivity contribution in [1.82, 2.24) is 4.57 Å². The number of benzene rings is 1. The molecule has 0 aliphatic heterocycles. The Morgan fingerprint density at radius 3 is 2.19 bits per heavy atom. The lowest BCUT2D eigenvalue weighted by Gasteiger charge is -2.19. The molecule has 2 rings (SSSR count). The van der Waals surface area contributed by atoms with Gasteiger partial charge in [-0.2, -0.15) is 13.2 Å². The van der Waals surface area contributed by atoms with E-state index in [0.29, 0.717) is 30.8 Å². The minimum absolute atomic E-state index is 0.540. The molecule has 4 nitrogen and oxygen atoms in total. The van der Waals surface area contributed by atoms with E-state index in [2.05, 4.69) is 5.32 Å². The molecule has 0 saturated heterocycles. The van der Waals surface area contributed by atoms with Crippen molar-refractivity contribution in [3.05, 3.63) is 63.6 Å². The van der Waals surface area contributed by atoms with Crippen molar-refractivity contribution in [3.63, 3.8) is 0 Å². The number of amides is 1. The second kappa shape index (κ2) is 7.76. The number of aromatic nitrogens is 1. The number of hydrogen-bond acceptors (Lipinski definition) is 2. The fourth-order valence-electron chi connectivity index (χ4n) is 2.73. The fourth-order valence-corrected chi connectivity index (χ4v) is 2.73. The van der Waals surface area contributed by atoms with Gasteiger partial charge in [-0.15, -0.1) is 0 Å². The Balaban J connectivity index is 2.36. The van der Waals surface area contributed by atoms with Gasteiger partial charge in [0.2, 0.25) is 5.91 Å². The highest BCUT2D eigenvalue weighted by Crippen LogP contribution is 2.29. The number of carbonyl (C=O) groups is 1. The van der Waals surface area contributed by atoms with E-state index in [1.54, 1.807) is 0 Å². The summed E-state index contributed by atoms with van der Waals surface area (Å²) < 4.78 is 39.5. The molecule has 1 N–H and O–H groups in total. The van der Waals surface area contributed by atoms with Crippen molar-refractivity contribution >= 4 is 11.6 Å². The van der Waals surface area contributed by atoms with E-state index in [1.807, 2.05) is 32.0 Å². The normalized spacial score (nSPS) is 12.7. The van der Waals surface area contributed by atoms with Gasteiger partial charge >= 0.3 is 6.18 Å². The van der Waals surface area contributed by atoms with Crippen LogP contribution in [-0.4, -0.2) is 10.5 Å². The van der Waals surface area contributed by atoms with E-state index in [1.165, 1.54) is 6.92 Å². The van der Waals surface area contributed by atoms with Crippen LogP contribution >= 0.6 is 0 Å². The number of anilines is 1. The zero-order valence-corrected chi connectivity index (χ0v) is 14.9. The first-order valence-corrected chi connectivity index (χ1v) is 8.40. The number of pyridine rings is 1. The average Bonchev–Trinajstić information content (AvgIpc) is 2.60. The van der Waals surface area contributed by atoms with E-state index in [-0.39, 0.29) is 0 Å². The lowest BCUT2D eigenvalue weighted by molar-refractivity contribution is -0.138. The summed E-state index contributed by atoms with van der Waals surface area (Å²) in [5.41, 5.74) is 0.886. The molecule has 1 unspecified atom stereocenters. The molecule has 1 amide bonds. The van der Waals surface area contributed by atoms with Crippen LogP contribution in [0.25, 0.3) is 0 Å². The summed E-state index contributed by atoms with van der Waals surface area (Å²) in [6.07, 6.45) is -2.52. The molecule has 0 radical (unpaired) electrons. The van der Waals surface area contributed by atoms with Crippen molar-refractivity contribution in [1.29, 1.82) is 0 Å². The molecule has 7 heteroatoms. The second-order valence-electron chi connectivity index (χ2n) is 5.98. The van der Waals surface area contributed by atoms with Crippen LogP contribution in [0, 0.1) is 0 Å². The minimum Gasteiger partial charge on any atom is -0.324 e. The quantitative estimate of drug-likeness (QED) is 0.863. The Morgan fingerprint density at radius 2 is 1.69 bits per heavy atom. The lowest BCUT2D eigenvalue weighted by Crippen LogP contribution is -2.32. The van der Waals surface area contributed by atoms with Crippen LogP contribution in [0.5, 0.6) is 0 Å². The first-order valence-electron chi connectivity index (χ1n) is 8.40. The van der Waals surface area contributed by atoms with Crippen molar-refractivity contribution in [2.24, 2.45) is 0 Å². The van der Waals surface area contributed by atoms with E-state index < -0.39 is 29.2 Å². The molecule has 0 saturated carbocycles. The maximum absolute atomic E-state index is 12.9. The minimum atomic E-state index is -4.59. The monoisotopic (exact) mass is 366 g/mol. The molecular formula is C19H21F3N2O2. The van der Waals surface area contributed by atoms with Gasteiger partial charge in [-0.05, 0) is 37.0 Å². The zero-order valence-electron chi connectivity index (χ0n) is 14.9. The van der Waals surface area contributed by atoms with Gasteiger partial charge in [0.05, 0.1) is 5.56 Å². The average molecular weight is 366 g/mol. The Morgan fingerprint density at radius 1 is 1.12 bits per heavy atom. The molecule has 0 spiro atoms. The Kier molecular flexibility index (Phi) is 5.90. The standard InChI is InChI=1S/C19H21F3N2O2/c1-4-13-7-6-8-14(5-2)17(13)23-18(26)12(3)24-11-15(19(20,21)22)9-10-16(24)25/h6-12H,4-5H2,1-3H3,(H,23,26). The predicted octanol–water partition coefficient (Wildman–Crippen LogP) is 4.19. The van der Waals surface area contributed by atoms with Gasteiger partial charge in [-0.3, -0.25) is 9.59 Å². The zero-order chi connectivity index (χ0) is 19.5. The van der Waals surface area contributed by atoms with Gasteiger partial charge in [0.1, 0.15) is 6.04 Å². The van der Waals surface area contributed by atoms with Crippen LogP contribution in [0.4, 0.5) is 18.9 Å². The third-order valence-corrected chi connectivity index (χ3v) is 4.31. The summed E-state index contributed by atoms with van der Waals surface area (Å²) in [6, 6.07) is 6.12. The number of aryl methyl sites for hydroxylation is 2. The SMILES string of the molecule is CCc1cccc(CC)c1NC(=O)C(C)n1cc(C(F)(F)F)ccc1=O. The molecule has 1 atom stereocenters. The topological polar surface area (TPSA) is 51.1 Å². The Bertz CT molecular complexity index is 834. The summed E-state index contributed by atoms with van der Waals surface area (Å²) in [4.78, 5) is 24.6. The van der Waals surface area contributed by atoms with Gasteiger partial charge in [-0.25, -0.2) is 0 Å². The predicted molar refractivity (Wildman–Crippen MR) is 94.2 cm³/mol. The van der Waals surface area contributed by atoms with Crippen LogP contribution < -0.4 is 10.9 Å². The highest BCUT2D eigenvalue weighted by atomic mass is 19.4. The highest BCUT2D eigenvalue weighted by Gasteiger charge is 2.32. The Hall–Kier alpha value is -2.57. The first kappa shape index (κ1) is 19.8. The molecule has 0 bridgehead atoms. The molecular weight excluding hydrogens is 345 g/mol. The molecule has 26 heavy (non-hydrogen) atoms. The maximum atomic E-state index is 12.9. The van der Waals surface area contributed by atoms with Crippen LogP contribution in [0.15, 0.2) is 41.3 Å². The number of halogens is 3. The maximum Gasteiger partial charge on any atom is 0.417 e. The van der Waals surface area contributed by atoms with Crippen molar-refractivity contribution < 1.29 is 18.0 Å². The number of rotatable bonds is 5. The van der Waals surface area contributed by atoms with Gasteiger partial charge in [-0.1, -0.05) is 32.0 Å². The Labute approximate surface area is 149 Å². The van der Waals surface area contributed by atoms with Crippen molar-refractivity contribution in [2.75, 3.05) is 5.32 Å². The molecule has 1 aromatic carbocycles. The molecule has 0 aliphatic carbocycles. The van der Waals surface area contributed by atoms with E-state index in [0.717, 1.165) is 21.8 Å². The van der Waals surface area contributed by atoms with E-state index in [9.17, 15) is 22.8 Å². The number of nitrogens with one attached hydrogen (secondary N) is 1. The van der Waals surface area contributed by atoms with Gasteiger partial charge in [0.25, 0.3) is 5.56 Å². The number of carbonyl (C=O) groups excluding carboxylic acids is 1. The number of para-hydroxylation sites is 1. The summed E-state index contributed by atoms with van der Waals surface area (Å²) in [5.74, 6) is -0.540. The molecule has 1 heterocycles. The van der Waals surface area contributed by atoms with Gasteiger partial charge in [0.15, 0.2) is 0 Å². The third-order valence-electron chi connectivity index (χ3n) is 4.31. The van der Waals surface area contributed by atoms with Crippen LogP contribution in [0.3, 0.4) is 0 Å². The number of hydrogen-bond donors (Lipinski definition) is 1. The third kappa shape index (κ3) is 4.15. The fraction of sp³-hybridized carbons (Fsp3) is 0.368. The number of alkyl halides is 3. The van der Waals surface area contributed by atoms with Gasteiger partial charge in [0, 0.05) is 18.0 Å². The van der Waals surface area contributed by atoms with Crippen LogP contribution in [-0.2, 0) is 23.8 Å². The molecule has 2 aromatic rings. The lowest BCUT2D eigenvalue weighted by atomic mass is 10.0.